The minimum atomic E-state index is -0.921. The number of thiophene rings is 1. The molecule has 3 nitrogen and oxygen atoms in total. The van der Waals surface area contributed by atoms with Gasteiger partial charge < -0.3 is 9.84 Å². The summed E-state index contributed by atoms with van der Waals surface area (Å²) in [7, 11) is 0. The molecule has 0 radical (unpaired) electrons. The van der Waals surface area contributed by atoms with Gasteiger partial charge in [0.15, 0.2) is 0 Å². The van der Waals surface area contributed by atoms with Crippen molar-refractivity contribution in [2.45, 2.75) is 26.2 Å². The van der Waals surface area contributed by atoms with Gasteiger partial charge in [-0.15, -0.1) is 11.3 Å². The van der Waals surface area contributed by atoms with Crippen molar-refractivity contribution in [3.8, 4) is 11.5 Å². The molecule has 19 heavy (non-hydrogen) atoms. The topological polar surface area (TPSA) is 46.5 Å². The van der Waals surface area contributed by atoms with E-state index in [-0.39, 0.29) is 4.88 Å². The van der Waals surface area contributed by atoms with Gasteiger partial charge in [0.1, 0.15) is 16.4 Å². The largest absolute Gasteiger partial charge is 0.477 e. The number of benzene rings is 1. The number of rotatable bonds is 5. The first-order chi connectivity index (χ1) is 9.11. The molecule has 1 aromatic carbocycles. The fourth-order valence-corrected chi connectivity index (χ4v) is 2.46. The van der Waals surface area contributed by atoms with Gasteiger partial charge in [-0.05, 0) is 24.0 Å². The number of carboxylic acid groups (broad SMARTS) is 1. The highest BCUT2D eigenvalue weighted by Crippen LogP contribution is 2.33. The van der Waals surface area contributed by atoms with Gasteiger partial charge >= 0.3 is 5.97 Å². The van der Waals surface area contributed by atoms with Crippen LogP contribution in [0.2, 0.25) is 0 Å². The van der Waals surface area contributed by atoms with Gasteiger partial charge in [-0.2, -0.15) is 0 Å². The van der Waals surface area contributed by atoms with Crippen LogP contribution in [0.5, 0.6) is 11.5 Å². The maximum absolute atomic E-state index is 10.8. The van der Waals surface area contributed by atoms with Gasteiger partial charge in [-0.1, -0.05) is 32.0 Å². The molecule has 2 rings (SSSR count). The Kier molecular flexibility index (Phi) is 4.22. The van der Waals surface area contributed by atoms with E-state index in [1.54, 1.807) is 11.4 Å². The standard InChI is InChI=1S/C15H16O3S/c1-3-10(2)12-6-4-5-7-13(12)18-11-8-14(15(16)17)19-9-11/h4-10H,3H2,1-2H3,(H,16,17). The van der Waals surface area contributed by atoms with E-state index in [4.69, 9.17) is 9.84 Å². The lowest BCUT2D eigenvalue weighted by molar-refractivity contribution is 0.0702. The average molecular weight is 276 g/mol. The van der Waals surface area contributed by atoms with Crippen molar-refractivity contribution >= 4 is 17.3 Å². The van der Waals surface area contributed by atoms with Crippen molar-refractivity contribution in [1.82, 2.24) is 0 Å². The Labute approximate surface area is 116 Å². The van der Waals surface area contributed by atoms with Crippen LogP contribution >= 0.6 is 11.3 Å². The molecule has 0 saturated heterocycles. The van der Waals surface area contributed by atoms with Crippen LogP contribution in [0.4, 0.5) is 0 Å². The molecule has 0 amide bonds. The van der Waals surface area contributed by atoms with Crippen molar-refractivity contribution in [2.75, 3.05) is 0 Å². The molecular formula is C15H16O3S. The van der Waals surface area contributed by atoms with E-state index < -0.39 is 5.97 Å². The predicted octanol–water partition coefficient (Wildman–Crippen LogP) is 4.75. The second-order valence-corrected chi connectivity index (χ2v) is 5.31. The Morgan fingerprint density at radius 3 is 2.79 bits per heavy atom. The second kappa shape index (κ2) is 5.89. The second-order valence-electron chi connectivity index (χ2n) is 4.40. The summed E-state index contributed by atoms with van der Waals surface area (Å²) in [6.07, 6.45) is 1.03. The summed E-state index contributed by atoms with van der Waals surface area (Å²) in [5.41, 5.74) is 1.15. The lowest BCUT2D eigenvalue weighted by Gasteiger charge is -2.14. The zero-order valence-electron chi connectivity index (χ0n) is 10.9. The molecule has 0 spiro atoms. The molecule has 100 valence electrons. The zero-order chi connectivity index (χ0) is 13.8. The monoisotopic (exact) mass is 276 g/mol. The van der Waals surface area contributed by atoms with Crippen molar-refractivity contribution in [3.05, 3.63) is 46.2 Å². The summed E-state index contributed by atoms with van der Waals surface area (Å²) in [5.74, 6) is 0.869. The quantitative estimate of drug-likeness (QED) is 0.857. The SMILES string of the molecule is CCC(C)c1ccccc1Oc1csc(C(=O)O)c1. The highest BCUT2D eigenvalue weighted by atomic mass is 32.1. The first-order valence-electron chi connectivity index (χ1n) is 6.20. The summed E-state index contributed by atoms with van der Waals surface area (Å²) in [4.78, 5) is 11.1. The third-order valence-electron chi connectivity index (χ3n) is 3.08. The van der Waals surface area contributed by atoms with E-state index in [1.165, 1.54) is 11.3 Å². The van der Waals surface area contributed by atoms with E-state index in [0.717, 1.165) is 17.7 Å². The zero-order valence-corrected chi connectivity index (χ0v) is 11.7. The number of hydrogen-bond acceptors (Lipinski definition) is 3. The Hall–Kier alpha value is -1.81. The van der Waals surface area contributed by atoms with Crippen LogP contribution in [0, 0.1) is 0 Å². The number of aromatic carboxylic acids is 1. The van der Waals surface area contributed by atoms with E-state index >= 15 is 0 Å². The number of para-hydroxylation sites is 1. The highest BCUT2D eigenvalue weighted by Gasteiger charge is 2.12. The van der Waals surface area contributed by atoms with Crippen LogP contribution < -0.4 is 4.74 Å². The maximum atomic E-state index is 10.8. The van der Waals surface area contributed by atoms with E-state index in [2.05, 4.69) is 13.8 Å². The molecule has 0 saturated carbocycles. The fourth-order valence-electron chi connectivity index (χ4n) is 1.81. The van der Waals surface area contributed by atoms with Gasteiger partial charge in [0, 0.05) is 11.4 Å². The van der Waals surface area contributed by atoms with Crippen molar-refractivity contribution in [3.63, 3.8) is 0 Å². The third-order valence-corrected chi connectivity index (χ3v) is 3.97. The van der Waals surface area contributed by atoms with Gasteiger partial charge in [0.05, 0.1) is 0 Å². The normalized spacial score (nSPS) is 12.1. The summed E-state index contributed by atoms with van der Waals surface area (Å²) in [6, 6.07) is 9.43. The molecule has 1 N–H and O–H groups in total. The predicted molar refractivity (Wildman–Crippen MR) is 76.5 cm³/mol. The highest BCUT2D eigenvalue weighted by molar-refractivity contribution is 7.12. The van der Waals surface area contributed by atoms with Gasteiger partial charge in [0.25, 0.3) is 0 Å². The third kappa shape index (κ3) is 3.15. The number of carboxylic acids is 1. The molecule has 1 unspecified atom stereocenters. The Bertz CT molecular complexity index is 574. The molecule has 0 aliphatic rings. The lowest BCUT2D eigenvalue weighted by Crippen LogP contribution is -1.95. The Morgan fingerprint density at radius 1 is 1.42 bits per heavy atom. The maximum Gasteiger partial charge on any atom is 0.346 e. The van der Waals surface area contributed by atoms with Gasteiger partial charge in [-0.3, -0.25) is 0 Å². The average Bonchev–Trinajstić information content (AvgIpc) is 2.87. The molecule has 4 heteroatoms. The van der Waals surface area contributed by atoms with Crippen LogP contribution in [0.15, 0.2) is 35.7 Å². The van der Waals surface area contributed by atoms with E-state index in [0.29, 0.717) is 11.7 Å². The van der Waals surface area contributed by atoms with Crippen molar-refractivity contribution < 1.29 is 14.6 Å². The molecule has 0 fully saturated rings. The minimum absolute atomic E-state index is 0.288. The molecule has 0 aliphatic carbocycles. The van der Waals surface area contributed by atoms with Crippen molar-refractivity contribution in [2.24, 2.45) is 0 Å². The van der Waals surface area contributed by atoms with Crippen LogP contribution in [0.1, 0.15) is 41.4 Å². The smallest absolute Gasteiger partial charge is 0.346 e. The number of carbonyl (C=O) groups is 1. The summed E-state index contributed by atoms with van der Waals surface area (Å²) < 4.78 is 5.81. The van der Waals surface area contributed by atoms with Gasteiger partial charge in [-0.25, -0.2) is 4.79 Å². The Morgan fingerprint density at radius 2 is 2.16 bits per heavy atom. The summed E-state index contributed by atoms with van der Waals surface area (Å²) >= 11 is 1.17. The van der Waals surface area contributed by atoms with E-state index in [1.807, 2.05) is 24.3 Å². The Balaban J connectivity index is 2.25. The molecule has 0 bridgehead atoms. The van der Waals surface area contributed by atoms with Crippen LogP contribution in [-0.2, 0) is 0 Å². The number of ether oxygens (including phenoxy) is 1. The van der Waals surface area contributed by atoms with Crippen LogP contribution in [0.25, 0.3) is 0 Å². The minimum Gasteiger partial charge on any atom is -0.477 e. The molecule has 2 aromatic rings. The molecule has 1 aromatic heterocycles. The summed E-state index contributed by atoms with van der Waals surface area (Å²) in [6.45, 7) is 4.28. The molecule has 0 aliphatic heterocycles. The molecular weight excluding hydrogens is 260 g/mol. The lowest BCUT2D eigenvalue weighted by atomic mass is 9.98. The molecule has 1 atom stereocenters. The van der Waals surface area contributed by atoms with Crippen molar-refractivity contribution in [1.29, 1.82) is 0 Å². The summed E-state index contributed by atoms with van der Waals surface area (Å²) in [5, 5.41) is 10.6. The first-order valence-corrected chi connectivity index (χ1v) is 7.08. The van der Waals surface area contributed by atoms with Crippen LogP contribution in [-0.4, -0.2) is 11.1 Å². The van der Waals surface area contributed by atoms with E-state index in [9.17, 15) is 4.79 Å². The molecule has 1 heterocycles. The van der Waals surface area contributed by atoms with Crippen LogP contribution in [0.3, 0.4) is 0 Å². The number of hydrogen-bond donors (Lipinski definition) is 1. The fraction of sp³-hybridized carbons (Fsp3) is 0.267. The van der Waals surface area contributed by atoms with Gasteiger partial charge in [0.2, 0.25) is 0 Å². The first kappa shape index (κ1) is 13.6.